The summed E-state index contributed by atoms with van der Waals surface area (Å²) in [5, 5.41) is 11.7. The zero-order valence-corrected chi connectivity index (χ0v) is 22.3. The highest BCUT2D eigenvalue weighted by Crippen LogP contribution is 2.33. The smallest absolute Gasteiger partial charge is 0.294 e. The van der Waals surface area contributed by atoms with E-state index in [4.69, 9.17) is 16.3 Å². The van der Waals surface area contributed by atoms with Crippen LogP contribution in [0.2, 0.25) is 5.02 Å². The van der Waals surface area contributed by atoms with Gasteiger partial charge in [-0.3, -0.25) is 19.3 Å². The lowest BCUT2D eigenvalue weighted by molar-refractivity contribution is -0.127. The number of thioether (sulfide) groups is 1. The number of carbonyl (C=O) groups is 3. The van der Waals surface area contributed by atoms with Crippen molar-refractivity contribution in [1.29, 1.82) is 5.26 Å². The van der Waals surface area contributed by atoms with Crippen molar-refractivity contribution in [1.82, 2.24) is 4.90 Å². The number of anilines is 1. The first-order chi connectivity index (χ1) is 17.4. The molecule has 0 atom stereocenters. The van der Waals surface area contributed by atoms with Crippen LogP contribution >= 0.6 is 46.0 Å². The lowest BCUT2D eigenvalue weighted by Crippen LogP contribution is -2.36. The van der Waals surface area contributed by atoms with E-state index in [1.54, 1.807) is 54.6 Å². The van der Waals surface area contributed by atoms with Crippen LogP contribution in [-0.4, -0.2) is 28.5 Å². The molecule has 0 spiro atoms. The van der Waals surface area contributed by atoms with Crippen molar-refractivity contribution in [3.05, 3.63) is 96.9 Å². The van der Waals surface area contributed by atoms with Crippen molar-refractivity contribution in [2.75, 3.05) is 11.9 Å². The number of hydrogen-bond acceptors (Lipinski definition) is 6. The van der Waals surface area contributed by atoms with Crippen LogP contribution in [0.3, 0.4) is 0 Å². The number of benzene rings is 3. The number of hydrogen-bond donors (Lipinski definition) is 1. The molecule has 1 aliphatic rings. The van der Waals surface area contributed by atoms with Crippen LogP contribution in [0.15, 0.2) is 71.6 Å². The Labute approximate surface area is 230 Å². The molecule has 1 aliphatic heterocycles. The SMILES string of the molecule is N#Cc1ccccc1COc1ccc(/C=C2/SC(=O)N(CC(=O)Nc3ccccc3Cl)C2=O)cc1I. The predicted molar refractivity (Wildman–Crippen MR) is 147 cm³/mol. The fourth-order valence-corrected chi connectivity index (χ4v) is 5.03. The highest BCUT2D eigenvalue weighted by atomic mass is 127. The number of halogens is 2. The number of nitrogens with zero attached hydrogens (tertiary/aromatic N) is 2. The summed E-state index contributed by atoms with van der Waals surface area (Å²) in [6, 6.07) is 21.4. The zero-order valence-electron chi connectivity index (χ0n) is 18.5. The van der Waals surface area contributed by atoms with Crippen molar-refractivity contribution >= 4 is 74.8 Å². The Hall–Kier alpha value is -3.33. The van der Waals surface area contributed by atoms with Gasteiger partial charge >= 0.3 is 0 Å². The fraction of sp³-hybridized carbons (Fsp3) is 0.0769. The van der Waals surface area contributed by atoms with Crippen LogP contribution in [0, 0.1) is 14.9 Å². The molecule has 4 rings (SSSR count). The summed E-state index contributed by atoms with van der Waals surface area (Å²) >= 11 is 8.95. The highest BCUT2D eigenvalue weighted by molar-refractivity contribution is 14.1. The van der Waals surface area contributed by atoms with Gasteiger partial charge in [-0.25, -0.2) is 0 Å². The monoisotopic (exact) mass is 629 g/mol. The molecule has 3 aromatic rings. The number of nitriles is 1. The first-order valence-corrected chi connectivity index (χ1v) is 12.8. The van der Waals surface area contributed by atoms with Gasteiger partial charge in [0.2, 0.25) is 5.91 Å². The largest absolute Gasteiger partial charge is 0.488 e. The number of rotatable bonds is 7. The van der Waals surface area contributed by atoms with E-state index in [1.165, 1.54) is 0 Å². The van der Waals surface area contributed by atoms with Gasteiger partial charge in [0.05, 0.1) is 30.8 Å². The molecule has 0 unspecified atom stereocenters. The summed E-state index contributed by atoms with van der Waals surface area (Å²) in [5.41, 5.74) is 2.45. The average molecular weight is 630 g/mol. The number of nitrogens with one attached hydrogen (secondary N) is 1. The number of para-hydroxylation sites is 1. The highest BCUT2D eigenvalue weighted by Gasteiger charge is 2.36. The van der Waals surface area contributed by atoms with Gasteiger partial charge in [0.1, 0.15) is 18.9 Å². The number of carbonyl (C=O) groups excluding carboxylic acids is 3. The van der Waals surface area contributed by atoms with Gasteiger partial charge in [-0.05, 0) is 76.3 Å². The lowest BCUT2D eigenvalue weighted by Gasteiger charge is -2.13. The minimum absolute atomic E-state index is 0.220. The second kappa shape index (κ2) is 11.6. The van der Waals surface area contributed by atoms with Crippen LogP contribution < -0.4 is 10.1 Å². The second-order valence-corrected chi connectivity index (χ2v) is 10.1. The molecule has 0 radical (unpaired) electrons. The van der Waals surface area contributed by atoms with Gasteiger partial charge in [-0.2, -0.15) is 5.26 Å². The van der Waals surface area contributed by atoms with Gasteiger partial charge in [0.25, 0.3) is 11.1 Å². The van der Waals surface area contributed by atoms with E-state index < -0.39 is 23.6 Å². The molecule has 180 valence electrons. The minimum Gasteiger partial charge on any atom is -0.488 e. The standard InChI is InChI=1S/C26H17ClIN3O4S/c27-19-7-3-4-8-21(19)30-24(32)14-31-25(33)23(36-26(31)34)12-16-9-10-22(20(28)11-16)35-15-18-6-2-1-5-17(18)13-29/h1-12H,14-15H2,(H,30,32)/b23-12+. The third-order valence-electron chi connectivity index (χ3n) is 5.10. The molecule has 1 saturated heterocycles. The number of imide groups is 1. The molecular weight excluding hydrogens is 613 g/mol. The van der Waals surface area contributed by atoms with Crippen molar-refractivity contribution in [2.24, 2.45) is 0 Å². The summed E-state index contributed by atoms with van der Waals surface area (Å²) < 4.78 is 6.68. The third-order valence-corrected chi connectivity index (χ3v) is 7.18. The van der Waals surface area contributed by atoms with Crippen molar-refractivity contribution in [3.63, 3.8) is 0 Å². The fourth-order valence-electron chi connectivity index (χ4n) is 3.32. The maximum Gasteiger partial charge on any atom is 0.294 e. The van der Waals surface area contributed by atoms with Gasteiger partial charge in [0.15, 0.2) is 0 Å². The Balaban J connectivity index is 1.41. The summed E-state index contributed by atoms with van der Waals surface area (Å²) in [6.07, 6.45) is 1.60. The molecule has 0 aromatic heterocycles. The van der Waals surface area contributed by atoms with Crippen LogP contribution in [0.25, 0.3) is 6.08 Å². The summed E-state index contributed by atoms with van der Waals surface area (Å²) in [4.78, 5) is 38.7. The molecule has 3 aromatic carbocycles. The molecule has 1 heterocycles. The zero-order chi connectivity index (χ0) is 25.7. The number of amides is 3. The summed E-state index contributed by atoms with van der Waals surface area (Å²) in [7, 11) is 0. The Morgan fingerprint density at radius 2 is 1.89 bits per heavy atom. The topological polar surface area (TPSA) is 99.5 Å². The van der Waals surface area contributed by atoms with E-state index >= 15 is 0 Å². The van der Waals surface area contributed by atoms with E-state index in [2.05, 4.69) is 34.0 Å². The molecule has 0 bridgehead atoms. The minimum atomic E-state index is -0.539. The third kappa shape index (κ3) is 6.07. The number of ether oxygens (including phenoxy) is 1. The van der Waals surface area contributed by atoms with Crippen LogP contribution in [-0.2, 0) is 16.2 Å². The Morgan fingerprint density at radius 1 is 1.14 bits per heavy atom. The van der Waals surface area contributed by atoms with Crippen LogP contribution in [0.5, 0.6) is 5.75 Å². The van der Waals surface area contributed by atoms with Gasteiger partial charge < -0.3 is 10.1 Å². The van der Waals surface area contributed by atoms with E-state index in [-0.39, 0.29) is 11.5 Å². The quantitative estimate of drug-likeness (QED) is 0.252. The Bertz CT molecular complexity index is 1440. The van der Waals surface area contributed by atoms with Crippen molar-refractivity contribution in [3.8, 4) is 11.8 Å². The molecule has 3 amide bonds. The molecular formula is C26H17ClIN3O4S. The molecule has 7 nitrogen and oxygen atoms in total. The van der Waals surface area contributed by atoms with Crippen LogP contribution in [0.1, 0.15) is 16.7 Å². The normalized spacial score (nSPS) is 14.1. The molecule has 36 heavy (non-hydrogen) atoms. The summed E-state index contributed by atoms with van der Waals surface area (Å²) in [6.45, 7) is -0.171. The lowest BCUT2D eigenvalue weighted by atomic mass is 10.1. The van der Waals surface area contributed by atoms with E-state index in [0.29, 0.717) is 27.6 Å². The molecule has 10 heteroatoms. The first-order valence-electron chi connectivity index (χ1n) is 10.6. The average Bonchev–Trinajstić information content (AvgIpc) is 3.12. The first kappa shape index (κ1) is 25.8. The Morgan fingerprint density at radius 3 is 2.64 bits per heavy atom. The Kier molecular flexibility index (Phi) is 8.30. The van der Waals surface area contributed by atoms with Crippen LogP contribution in [0.4, 0.5) is 10.5 Å². The van der Waals surface area contributed by atoms with Gasteiger partial charge in [-0.15, -0.1) is 0 Å². The van der Waals surface area contributed by atoms with E-state index in [1.807, 2.05) is 18.2 Å². The molecule has 0 aliphatic carbocycles. The van der Waals surface area contributed by atoms with Gasteiger partial charge in [-0.1, -0.05) is 48.0 Å². The molecule has 1 N–H and O–H groups in total. The van der Waals surface area contributed by atoms with E-state index in [9.17, 15) is 19.6 Å². The molecule has 0 saturated carbocycles. The summed E-state index contributed by atoms with van der Waals surface area (Å²) in [5.74, 6) is -0.437. The van der Waals surface area contributed by atoms with Gasteiger partial charge in [0, 0.05) is 5.56 Å². The van der Waals surface area contributed by atoms with Crippen molar-refractivity contribution in [2.45, 2.75) is 6.61 Å². The predicted octanol–water partition coefficient (Wildman–Crippen LogP) is 6.07. The maximum atomic E-state index is 12.8. The van der Waals surface area contributed by atoms with E-state index in [0.717, 1.165) is 25.8 Å². The second-order valence-electron chi connectivity index (χ2n) is 7.54. The maximum absolute atomic E-state index is 12.8. The van der Waals surface area contributed by atoms with Crippen molar-refractivity contribution < 1.29 is 19.1 Å². The molecule has 1 fully saturated rings.